The lowest BCUT2D eigenvalue weighted by molar-refractivity contribution is 0.0726. The highest BCUT2D eigenvalue weighted by Gasteiger charge is 2.32. The van der Waals surface area contributed by atoms with E-state index in [-0.39, 0.29) is 11.8 Å². The van der Waals surface area contributed by atoms with Crippen LogP contribution >= 0.6 is 11.3 Å². The molecule has 0 saturated heterocycles. The van der Waals surface area contributed by atoms with Crippen LogP contribution in [0.3, 0.4) is 0 Å². The number of aromatic amines is 1. The molecule has 1 aliphatic heterocycles. The summed E-state index contributed by atoms with van der Waals surface area (Å²) in [4.78, 5) is 26.8. The van der Waals surface area contributed by atoms with Crippen molar-refractivity contribution in [3.05, 3.63) is 70.2 Å². The maximum Gasteiger partial charge on any atom is 0.265 e. The fourth-order valence-corrected chi connectivity index (χ4v) is 3.49. The van der Waals surface area contributed by atoms with Gasteiger partial charge in [-0.05, 0) is 5.56 Å². The highest BCUT2D eigenvalue weighted by atomic mass is 32.1. The van der Waals surface area contributed by atoms with Gasteiger partial charge in [0.05, 0.1) is 36.0 Å². The first kappa shape index (κ1) is 13.2. The zero-order chi connectivity index (χ0) is 14.9. The Morgan fingerprint density at radius 1 is 1.32 bits per heavy atom. The SMILES string of the molecule is O=C(c1cncs1)N1Cc2[nH]cnc2C(c2ccccc2)C1. The number of hydrogen-bond acceptors (Lipinski definition) is 4. The first-order valence-electron chi connectivity index (χ1n) is 7.08. The van der Waals surface area contributed by atoms with Crippen molar-refractivity contribution in [2.24, 2.45) is 0 Å². The number of amides is 1. The Labute approximate surface area is 131 Å². The molecule has 5 nitrogen and oxygen atoms in total. The van der Waals surface area contributed by atoms with Gasteiger partial charge in [0.15, 0.2) is 0 Å². The molecule has 22 heavy (non-hydrogen) atoms. The number of hydrogen-bond donors (Lipinski definition) is 1. The smallest absolute Gasteiger partial charge is 0.265 e. The maximum absolute atomic E-state index is 12.6. The van der Waals surface area contributed by atoms with Crippen LogP contribution in [0.2, 0.25) is 0 Å². The first-order valence-corrected chi connectivity index (χ1v) is 7.96. The van der Waals surface area contributed by atoms with E-state index in [9.17, 15) is 4.79 Å². The molecule has 1 atom stereocenters. The van der Waals surface area contributed by atoms with Gasteiger partial charge in [-0.3, -0.25) is 9.78 Å². The van der Waals surface area contributed by atoms with Crippen LogP contribution in [0.1, 0.15) is 32.5 Å². The van der Waals surface area contributed by atoms with E-state index in [4.69, 9.17) is 0 Å². The van der Waals surface area contributed by atoms with Crippen LogP contribution in [-0.4, -0.2) is 32.3 Å². The van der Waals surface area contributed by atoms with Crippen molar-refractivity contribution in [3.8, 4) is 0 Å². The van der Waals surface area contributed by atoms with E-state index in [0.29, 0.717) is 18.0 Å². The summed E-state index contributed by atoms with van der Waals surface area (Å²) in [6.07, 6.45) is 3.34. The summed E-state index contributed by atoms with van der Waals surface area (Å²) in [7, 11) is 0. The summed E-state index contributed by atoms with van der Waals surface area (Å²) < 4.78 is 0. The molecule has 1 unspecified atom stereocenters. The van der Waals surface area contributed by atoms with Gasteiger partial charge in [-0.15, -0.1) is 11.3 Å². The molecule has 3 heterocycles. The number of carbonyl (C=O) groups excluding carboxylic acids is 1. The second-order valence-electron chi connectivity index (χ2n) is 5.28. The normalized spacial score (nSPS) is 17.3. The number of thiazole rings is 1. The topological polar surface area (TPSA) is 61.9 Å². The number of H-pyrrole nitrogens is 1. The van der Waals surface area contributed by atoms with E-state index in [0.717, 1.165) is 11.4 Å². The zero-order valence-electron chi connectivity index (χ0n) is 11.8. The van der Waals surface area contributed by atoms with Gasteiger partial charge in [0.2, 0.25) is 0 Å². The van der Waals surface area contributed by atoms with E-state index in [1.807, 2.05) is 23.1 Å². The molecule has 3 aromatic rings. The van der Waals surface area contributed by atoms with Gasteiger partial charge in [-0.25, -0.2) is 4.98 Å². The molecule has 0 fully saturated rings. The number of nitrogens with one attached hydrogen (secondary N) is 1. The molecule has 4 rings (SSSR count). The van der Waals surface area contributed by atoms with Crippen LogP contribution in [0.5, 0.6) is 0 Å². The lowest BCUT2D eigenvalue weighted by Crippen LogP contribution is -2.38. The standard InChI is InChI=1S/C16H14N4OS/c21-16(14-6-17-10-22-14)20-7-12(11-4-2-1-3-5-11)15-13(8-20)18-9-19-15/h1-6,9-10,12H,7-8H2,(H,18,19). The molecule has 6 heteroatoms. The predicted molar refractivity (Wildman–Crippen MR) is 83.7 cm³/mol. The number of carbonyl (C=O) groups is 1. The molecular weight excluding hydrogens is 296 g/mol. The fraction of sp³-hybridized carbons (Fsp3) is 0.188. The molecule has 0 aliphatic carbocycles. The lowest BCUT2D eigenvalue weighted by atomic mass is 9.91. The average molecular weight is 310 g/mol. The summed E-state index contributed by atoms with van der Waals surface area (Å²) in [5.41, 5.74) is 4.92. The van der Waals surface area contributed by atoms with E-state index in [1.54, 1.807) is 18.0 Å². The van der Waals surface area contributed by atoms with E-state index < -0.39 is 0 Å². The van der Waals surface area contributed by atoms with Gasteiger partial charge in [0, 0.05) is 12.5 Å². The third kappa shape index (κ3) is 2.21. The molecule has 1 aliphatic rings. The minimum Gasteiger partial charge on any atom is -0.347 e. The molecule has 0 bridgehead atoms. The molecule has 0 spiro atoms. The summed E-state index contributed by atoms with van der Waals surface area (Å²) in [6.45, 7) is 1.20. The first-order chi connectivity index (χ1) is 10.8. The Morgan fingerprint density at radius 2 is 2.18 bits per heavy atom. The minimum absolute atomic E-state index is 0.0312. The van der Waals surface area contributed by atoms with Crippen molar-refractivity contribution in [3.63, 3.8) is 0 Å². The van der Waals surface area contributed by atoms with Gasteiger partial charge < -0.3 is 9.88 Å². The minimum atomic E-state index is 0.0312. The molecule has 1 aromatic carbocycles. The van der Waals surface area contributed by atoms with Crippen molar-refractivity contribution >= 4 is 17.2 Å². The van der Waals surface area contributed by atoms with Crippen molar-refractivity contribution in [1.82, 2.24) is 19.9 Å². The van der Waals surface area contributed by atoms with E-state index >= 15 is 0 Å². The number of nitrogens with zero attached hydrogens (tertiary/aromatic N) is 3. The van der Waals surface area contributed by atoms with Crippen molar-refractivity contribution in [2.45, 2.75) is 12.5 Å². The summed E-state index contributed by atoms with van der Waals surface area (Å²) >= 11 is 1.38. The van der Waals surface area contributed by atoms with E-state index in [2.05, 4.69) is 27.1 Å². The quantitative estimate of drug-likeness (QED) is 0.791. The number of benzene rings is 1. The van der Waals surface area contributed by atoms with Crippen LogP contribution in [0.25, 0.3) is 0 Å². The fourth-order valence-electron chi connectivity index (χ4n) is 2.90. The van der Waals surface area contributed by atoms with Crippen LogP contribution < -0.4 is 0 Å². The highest BCUT2D eigenvalue weighted by molar-refractivity contribution is 7.11. The third-order valence-corrected chi connectivity index (χ3v) is 4.73. The second kappa shape index (κ2) is 5.38. The van der Waals surface area contributed by atoms with E-state index in [1.165, 1.54) is 16.9 Å². The van der Waals surface area contributed by atoms with Crippen LogP contribution in [0, 0.1) is 0 Å². The summed E-state index contributed by atoms with van der Waals surface area (Å²) in [5, 5.41) is 0. The zero-order valence-corrected chi connectivity index (χ0v) is 12.6. The number of fused-ring (bicyclic) bond motifs is 1. The Balaban J connectivity index is 1.70. The Bertz CT molecular complexity index is 782. The van der Waals surface area contributed by atoms with Gasteiger partial charge >= 0.3 is 0 Å². The predicted octanol–water partition coefficient (Wildman–Crippen LogP) is 2.65. The monoisotopic (exact) mass is 310 g/mol. The molecule has 2 aromatic heterocycles. The van der Waals surface area contributed by atoms with Crippen LogP contribution in [0.4, 0.5) is 0 Å². The Morgan fingerprint density at radius 3 is 2.95 bits per heavy atom. The average Bonchev–Trinajstić information content (AvgIpc) is 3.25. The second-order valence-corrected chi connectivity index (χ2v) is 6.17. The molecule has 1 N–H and O–H groups in total. The van der Waals surface area contributed by atoms with Gasteiger partial charge in [0.25, 0.3) is 5.91 Å². The molecule has 1 amide bonds. The molecule has 0 saturated carbocycles. The Kier molecular flexibility index (Phi) is 3.23. The van der Waals surface area contributed by atoms with Gasteiger partial charge in [-0.1, -0.05) is 30.3 Å². The Hall–Kier alpha value is -2.47. The van der Waals surface area contributed by atoms with Crippen LogP contribution in [-0.2, 0) is 6.54 Å². The largest absolute Gasteiger partial charge is 0.347 e. The molecule has 0 radical (unpaired) electrons. The van der Waals surface area contributed by atoms with Crippen LogP contribution in [0.15, 0.2) is 48.4 Å². The summed E-state index contributed by atoms with van der Waals surface area (Å²) in [5.74, 6) is 0.136. The number of aromatic nitrogens is 3. The van der Waals surface area contributed by atoms with Crippen molar-refractivity contribution < 1.29 is 4.79 Å². The van der Waals surface area contributed by atoms with Gasteiger partial charge in [0.1, 0.15) is 4.88 Å². The number of imidazole rings is 1. The van der Waals surface area contributed by atoms with Gasteiger partial charge in [-0.2, -0.15) is 0 Å². The van der Waals surface area contributed by atoms with Crippen molar-refractivity contribution in [1.29, 1.82) is 0 Å². The molecule has 110 valence electrons. The lowest BCUT2D eigenvalue weighted by Gasteiger charge is -2.32. The summed E-state index contributed by atoms with van der Waals surface area (Å²) in [6, 6.07) is 10.2. The third-order valence-electron chi connectivity index (χ3n) is 3.97. The highest BCUT2D eigenvalue weighted by Crippen LogP contribution is 2.32. The molecular formula is C16H14N4OS. The number of rotatable bonds is 2. The van der Waals surface area contributed by atoms with Crippen molar-refractivity contribution in [2.75, 3.05) is 6.54 Å². The maximum atomic E-state index is 12.6.